The highest BCUT2D eigenvalue weighted by Crippen LogP contribution is 2.35. The molecule has 1 aliphatic heterocycles. The van der Waals surface area contributed by atoms with Crippen LogP contribution in [0.2, 0.25) is 0 Å². The molecule has 0 saturated carbocycles. The van der Waals surface area contributed by atoms with E-state index in [1.54, 1.807) is 40.9 Å². The van der Waals surface area contributed by atoms with E-state index >= 15 is 0 Å². The molecule has 0 bridgehead atoms. The van der Waals surface area contributed by atoms with Crippen molar-refractivity contribution < 1.29 is 14.7 Å². The van der Waals surface area contributed by atoms with Crippen molar-refractivity contribution >= 4 is 29.3 Å². The van der Waals surface area contributed by atoms with E-state index in [1.807, 2.05) is 24.3 Å². The smallest absolute Gasteiger partial charge is 0.336 e. The van der Waals surface area contributed by atoms with Crippen LogP contribution in [0.5, 0.6) is 0 Å². The van der Waals surface area contributed by atoms with Gasteiger partial charge in [-0.2, -0.15) is 0 Å². The number of anilines is 1. The number of hydrogen-bond acceptors (Lipinski definition) is 3. The summed E-state index contributed by atoms with van der Waals surface area (Å²) in [5.41, 5.74) is 1.74. The van der Waals surface area contributed by atoms with Crippen molar-refractivity contribution in [2.75, 3.05) is 10.7 Å². The quantitative estimate of drug-likeness (QED) is 0.943. The summed E-state index contributed by atoms with van der Waals surface area (Å²) in [5, 5.41) is 9.30. The van der Waals surface area contributed by atoms with E-state index in [9.17, 15) is 14.7 Å². The number of nitrogens with zero attached hydrogens (tertiary/aromatic N) is 1. The Bertz CT molecular complexity index is 729. The maximum absolute atomic E-state index is 12.4. The largest absolute Gasteiger partial charge is 0.478 e. The van der Waals surface area contributed by atoms with E-state index in [2.05, 4.69) is 0 Å². The number of benzene rings is 2. The SMILES string of the molecule is O=C(O)c1ccccc1CN1C(=O)CCSc2ccccc21. The van der Waals surface area contributed by atoms with E-state index in [-0.39, 0.29) is 18.0 Å². The number of rotatable bonds is 3. The van der Waals surface area contributed by atoms with Gasteiger partial charge in [0.15, 0.2) is 0 Å². The molecule has 0 unspecified atom stereocenters. The van der Waals surface area contributed by atoms with Crippen LogP contribution < -0.4 is 4.90 Å². The van der Waals surface area contributed by atoms with Gasteiger partial charge in [-0.15, -0.1) is 11.8 Å². The maximum Gasteiger partial charge on any atom is 0.336 e. The molecule has 2 aromatic carbocycles. The van der Waals surface area contributed by atoms with Crippen molar-refractivity contribution in [3.05, 3.63) is 59.7 Å². The molecule has 5 heteroatoms. The molecule has 22 heavy (non-hydrogen) atoms. The van der Waals surface area contributed by atoms with Crippen molar-refractivity contribution in [2.24, 2.45) is 0 Å². The Balaban J connectivity index is 2.01. The lowest BCUT2D eigenvalue weighted by molar-refractivity contribution is -0.118. The Labute approximate surface area is 132 Å². The van der Waals surface area contributed by atoms with Gasteiger partial charge in [0.1, 0.15) is 0 Å². The molecule has 3 rings (SSSR count). The second-order valence-corrected chi connectivity index (χ2v) is 6.15. The number of hydrogen-bond donors (Lipinski definition) is 1. The molecular formula is C17H15NO3S. The Morgan fingerprint density at radius 3 is 2.68 bits per heavy atom. The molecule has 0 atom stereocenters. The minimum atomic E-state index is -0.972. The summed E-state index contributed by atoms with van der Waals surface area (Å²) in [6.45, 7) is 0.277. The molecule has 0 aromatic heterocycles. The highest BCUT2D eigenvalue weighted by Gasteiger charge is 2.23. The highest BCUT2D eigenvalue weighted by atomic mass is 32.2. The standard InChI is InChI=1S/C17H15NO3S/c19-16-9-10-22-15-8-4-3-7-14(15)18(16)11-12-5-1-2-6-13(12)17(20)21/h1-8H,9-11H2,(H,20,21). The maximum atomic E-state index is 12.4. The number of aromatic carboxylic acids is 1. The number of carboxylic acids is 1. The molecule has 0 saturated heterocycles. The third-order valence-corrected chi connectivity index (χ3v) is 4.67. The van der Waals surface area contributed by atoms with Crippen LogP contribution >= 0.6 is 11.8 Å². The third-order valence-electron chi connectivity index (χ3n) is 3.61. The van der Waals surface area contributed by atoms with E-state index in [0.717, 1.165) is 16.3 Å². The first-order valence-corrected chi connectivity index (χ1v) is 7.99. The number of para-hydroxylation sites is 1. The van der Waals surface area contributed by atoms with Crippen LogP contribution in [0.15, 0.2) is 53.4 Å². The topological polar surface area (TPSA) is 57.6 Å². The molecule has 0 radical (unpaired) electrons. The fourth-order valence-corrected chi connectivity index (χ4v) is 3.53. The number of thioether (sulfide) groups is 1. The Morgan fingerprint density at radius 1 is 1.14 bits per heavy atom. The zero-order valence-corrected chi connectivity index (χ0v) is 12.7. The predicted octanol–water partition coefficient (Wildman–Crippen LogP) is 3.41. The average molecular weight is 313 g/mol. The van der Waals surface area contributed by atoms with Crippen LogP contribution in [-0.4, -0.2) is 22.7 Å². The van der Waals surface area contributed by atoms with Crippen molar-refractivity contribution in [2.45, 2.75) is 17.9 Å². The normalized spacial score (nSPS) is 14.4. The highest BCUT2D eigenvalue weighted by molar-refractivity contribution is 7.99. The molecule has 1 N–H and O–H groups in total. The van der Waals surface area contributed by atoms with Gasteiger partial charge >= 0.3 is 5.97 Å². The minimum absolute atomic E-state index is 0.0256. The van der Waals surface area contributed by atoms with Gasteiger partial charge in [0.25, 0.3) is 0 Å². The monoisotopic (exact) mass is 313 g/mol. The van der Waals surface area contributed by atoms with Crippen molar-refractivity contribution in [3.8, 4) is 0 Å². The summed E-state index contributed by atoms with van der Waals surface area (Å²) in [5.74, 6) is -0.203. The molecule has 0 fully saturated rings. The van der Waals surface area contributed by atoms with E-state index < -0.39 is 5.97 Å². The number of carbonyl (C=O) groups excluding carboxylic acids is 1. The first kappa shape index (κ1) is 14.7. The van der Waals surface area contributed by atoms with Gasteiger partial charge in [0.2, 0.25) is 5.91 Å². The fourth-order valence-electron chi connectivity index (χ4n) is 2.53. The van der Waals surface area contributed by atoms with Gasteiger partial charge in [-0.25, -0.2) is 4.79 Å². The molecule has 0 spiro atoms. The van der Waals surface area contributed by atoms with Crippen molar-refractivity contribution in [3.63, 3.8) is 0 Å². The molecule has 2 aromatic rings. The van der Waals surface area contributed by atoms with Crippen LogP contribution in [0.25, 0.3) is 0 Å². The zero-order chi connectivity index (χ0) is 15.5. The molecule has 1 heterocycles. The number of carboxylic acid groups (broad SMARTS) is 1. The summed E-state index contributed by atoms with van der Waals surface area (Å²) in [6.07, 6.45) is 0.453. The Hall–Kier alpha value is -2.27. The molecule has 1 amide bonds. The summed E-state index contributed by atoms with van der Waals surface area (Å²) >= 11 is 1.66. The predicted molar refractivity (Wildman–Crippen MR) is 86.4 cm³/mol. The van der Waals surface area contributed by atoms with Crippen LogP contribution in [-0.2, 0) is 11.3 Å². The first-order valence-electron chi connectivity index (χ1n) is 7.00. The summed E-state index contributed by atoms with van der Waals surface area (Å²) in [4.78, 5) is 26.5. The number of fused-ring (bicyclic) bond motifs is 1. The second kappa shape index (κ2) is 6.23. The van der Waals surface area contributed by atoms with E-state index in [4.69, 9.17) is 0 Å². The molecule has 0 aliphatic carbocycles. The van der Waals surface area contributed by atoms with Crippen molar-refractivity contribution in [1.29, 1.82) is 0 Å². The van der Waals surface area contributed by atoms with Gasteiger partial charge < -0.3 is 10.0 Å². The number of carbonyl (C=O) groups is 2. The van der Waals surface area contributed by atoms with Crippen LogP contribution in [0.3, 0.4) is 0 Å². The summed E-state index contributed by atoms with van der Waals surface area (Å²) < 4.78 is 0. The lowest BCUT2D eigenvalue weighted by atomic mass is 10.1. The van der Waals surface area contributed by atoms with Gasteiger partial charge in [-0.05, 0) is 23.8 Å². The van der Waals surface area contributed by atoms with Gasteiger partial charge in [0.05, 0.1) is 17.8 Å². The van der Waals surface area contributed by atoms with Crippen LogP contribution in [0.1, 0.15) is 22.3 Å². The lowest BCUT2D eigenvalue weighted by Gasteiger charge is -2.23. The minimum Gasteiger partial charge on any atom is -0.478 e. The van der Waals surface area contributed by atoms with E-state index in [1.165, 1.54) is 0 Å². The molecule has 112 valence electrons. The molecule has 4 nitrogen and oxygen atoms in total. The third kappa shape index (κ3) is 2.85. The van der Waals surface area contributed by atoms with E-state index in [0.29, 0.717) is 12.0 Å². The average Bonchev–Trinajstić information content (AvgIpc) is 2.68. The van der Waals surface area contributed by atoms with Crippen LogP contribution in [0.4, 0.5) is 5.69 Å². The van der Waals surface area contributed by atoms with Gasteiger partial charge in [0, 0.05) is 17.1 Å². The van der Waals surface area contributed by atoms with Crippen LogP contribution in [0, 0.1) is 0 Å². The zero-order valence-electron chi connectivity index (χ0n) is 11.9. The Morgan fingerprint density at radius 2 is 1.86 bits per heavy atom. The van der Waals surface area contributed by atoms with Gasteiger partial charge in [-0.3, -0.25) is 4.79 Å². The molecule has 1 aliphatic rings. The molecular weight excluding hydrogens is 298 g/mol. The van der Waals surface area contributed by atoms with Crippen molar-refractivity contribution in [1.82, 2.24) is 0 Å². The van der Waals surface area contributed by atoms with Gasteiger partial charge in [-0.1, -0.05) is 30.3 Å². The second-order valence-electron chi connectivity index (χ2n) is 5.01. The summed E-state index contributed by atoms with van der Waals surface area (Å²) in [6, 6.07) is 14.6. The number of amides is 1. The summed E-state index contributed by atoms with van der Waals surface area (Å²) in [7, 11) is 0. The lowest BCUT2D eigenvalue weighted by Crippen LogP contribution is -2.30. The first-order chi connectivity index (χ1) is 10.7. The Kier molecular flexibility index (Phi) is 4.15. The fraction of sp³-hybridized carbons (Fsp3) is 0.176.